The number of Topliss-reactive ketones (excluding diaryl/α,β-unsaturated/α-hetero) is 1. The number of nitrogens with one attached hydrogen (secondary N) is 2. The van der Waals surface area contributed by atoms with E-state index in [1.165, 1.54) is 0 Å². The summed E-state index contributed by atoms with van der Waals surface area (Å²) < 4.78 is 1.75. The Bertz CT molecular complexity index is 1340. The van der Waals surface area contributed by atoms with Crippen molar-refractivity contribution in [2.45, 2.75) is 25.3 Å². The lowest BCUT2D eigenvalue weighted by molar-refractivity contribution is -0.131. The zero-order valence-electron chi connectivity index (χ0n) is 19.3. The van der Waals surface area contributed by atoms with E-state index < -0.39 is 11.7 Å². The van der Waals surface area contributed by atoms with Gasteiger partial charge in [0.25, 0.3) is 11.7 Å². The van der Waals surface area contributed by atoms with Gasteiger partial charge >= 0.3 is 0 Å². The zero-order valence-corrected chi connectivity index (χ0v) is 20.2. The number of hydrogen-bond donors (Lipinski definition) is 2. The summed E-state index contributed by atoms with van der Waals surface area (Å²) in [4.78, 5) is 44.3. The molecule has 0 aliphatic heterocycles. The molecule has 8 heteroatoms. The molecule has 0 spiro atoms. The number of rotatable bonds is 10. The third-order valence-corrected chi connectivity index (χ3v) is 6.91. The molecule has 4 aromatic rings. The van der Waals surface area contributed by atoms with E-state index in [4.69, 9.17) is 0 Å². The molecule has 0 atom stereocenters. The maximum absolute atomic E-state index is 13.0. The Kier molecular flexibility index (Phi) is 7.37. The van der Waals surface area contributed by atoms with E-state index >= 15 is 0 Å². The third kappa shape index (κ3) is 4.87. The number of nitrogens with zero attached hydrogens (tertiary/aromatic N) is 2. The van der Waals surface area contributed by atoms with E-state index in [0.717, 1.165) is 21.3 Å². The van der Waals surface area contributed by atoms with Gasteiger partial charge in [0.15, 0.2) is 0 Å². The monoisotopic (exact) mass is 476 g/mol. The first-order valence-corrected chi connectivity index (χ1v) is 12.4. The number of amides is 2. The van der Waals surface area contributed by atoms with Crippen molar-refractivity contribution in [1.82, 2.24) is 19.8 Å². The Morgan fingerprint density at radius 2 is 1.71 bits per heavy atom. The summed E-state index contributed by atoms with van der Waals surface area (Å²) in [5, 5.41) is 4.55. The van der Waals surface area contributed by atoms with E-state index in [0.29, 0.717) is 36.3 Å². The Balaban J connectivity index is 1.41. The van der Waals surface area contributed by atoms with E-state index in [9.17, 15) is 14.4 Å². The molecular formula is C26H28N4O3S. The number of para-hydroxylation sites is 2. The molecule has 2 amide bonds. The molecule has 4 rings (SSSR count). The van der Waals surface area contributed by atoms with E-state index in [2.05, 4.69) is 16.4 Å². The Morgan fingerprint density at radius 1 is 1.00 bits per heavy atom. The fourth-order valence-corrected chi connectivity index (χ4v) is 4.97. The Hall–Kier alpha value is -3.52. The highest BCUT2D eigenvalue weighted by molar-refractivity contribution is 7.99. The van der Waals surface area contributed by atoms with Crippen LogP contribution in [0.15, 0.2) is 65.8 Å². The van der Waals surface area contributed by atoms with Gasteiger partial charge in [-0.05, 0) is 26.0 Å². The fourth-order valence-electron chi connectivity index (χ4n) is 4.07. The van der Waals surface area contributed by atoms with Crippen LogP contribution in [0.4, 0.5) is 0 Å². The lowest BCUT2D eigenvalue weighted by Crippen LogP contribution is -2.33. The van der Waals surface area contributed by atoms with Crippen molar-refractivity contribution in [1.29, 1.82) is 0 Å². The fraction of sp³-hybridized carbons (Fsp3) is 0.269. The maximum Gasteiger partial charge on any atom is 0.292 e. The minimum atomic E-state index is -0.641. The average molecular weight is 477 g/mol. The van der Waals surface area contributed by atoms with Gasteiger partial charge in [-0.3, -0.25) is 14.4 Å². The molecule has 0 aliphatic carbocycles. The molecule has 0 radical (unpaired) electrons. The lowest BCUT2D eigenvalue weighted by Gasteiger charge is -2.19. The Labute approximate surface area is 202 Å². The first-order valence-electron chi connectivity index (χ1n) is 11.4. The predicted molar refractivity (Wildman–Crippen MR) is 136 cm³/mol. The Morgan fingerprint density at radius 3 is 2.47 bits per heavy atom. The minimum Gasteiger partial charge on any atom is -0.360 e. The maximum atomic E-state index is 13.0. The molecule has 2 heterocycles. The number of H-pyrrole nitrogens is 1. The van der Waals surface area contributed by atoms with Crippen LogP contribution in [0.1, 0.15) is 24.2 Å². The van der Waals surface area contributed by atoms with Gasteiger partial charge in [-0.25, -0.2) is 0 Å². The quantitative estimate of drug-likeness (QED) is 0.156. The molecular weight excluding hydrogens is 448 g/mol. The molecule has 2 aromatic carbocycles. The van der Waals surface area contributed by atoms with Crippen LogP contribution in [0.25, 0.3) is 21.8 Å². The number of thioether (sulfide) groups is 1. The van der Waals surface area contributed by atoms with Gasteiger partial charge in [-0.2, -0.15) is 0 Å². The molecule has 0 saturated heterocycles. The van der Waals surface area contributed by atoms with Crippen molar-refractivity contribution in [2.75, 3.05) is 25.4 Å². The van der Waals surface area contributed by atoms with Crippen LogP contribution >= 0.6 is 11.8 Å². The van der Waals surface area contributed by atoms with Crippen molar-refractivity contribution in [3.05, 3.63) is 66.5 Å². The van der Waals surface area contributed by atoms with Crippen LogP contribution < -0.4 is 5.32 Å². The van der Waals surface area contributed by atoms with Crippen molar-refractivity contribution < 1.29 is 14.4 Å². The molecule has 7 nitrogen and oxygen atoms in total. The first-order chi connectivity index (χ1) is 16.5. The summed E-state index contributed by atoms with van der Waals surface area (Å²) in [7, 11) is 0. The van der Waals surface area contributed by atoms with E-state index in [-0.39, 0.29) is 12.5 Å². The highest BCUT2D eigenvalue weighted by Crippen LogP contribution is 2.27. The number of carbonyl (C=O) groups excluding carboxylic acids is 3. The van der Waals surface area contributed by atoms with Crippen LogP contribution in [-0.4, -0.2) is 57.4 Å². The number of likely N-dealkylation sites (N-methyl/N-ethyl adjacent to an activating group) is 1. The van der Waals surface area contributed by atoms with E-state index in [1.54, 1.807) is 33.5 Å². The molecule has 34 heavy (non-hydrogen) atoms. The summed E-state index contributed by atoms with van der Waals surface area (Å²) in [6.45, 7) is 5.61. The van der Waals surface area contributed by atoms with Crippen LogP contribution in [0.3, 0.4) is 0 Å². The number of aromatic amines is 1. The number of benzene rings is 2. The van der Waals surface area contributed by atoms with Gasteiger partial charge in [0, 0.05) is 64.5 Å². The molecule has 0 aliphatic rings. The molecule has 0 unspecified atom stereocenters. The molecule has 0 saturated carbocycles. The molecule has 2 N–H and O–H groups in total. The summed E-state index contributed by atoms with van der Waals surface area (Å²) in [5.74, 6) is -0.621. The number of hydrogen-bond acceptors (Lipinski definition) is 4. The lowest BCUT2D eigenvalue weighted by atomic mass is 10.1. The van der Waals surface area contributed by atoms with Crippen LogP contribution in [0.2, 0.25) is 0 Å². The smallest absolute Gasteiger partial charge is 0.292 e. The van der Waals surface area contributed by atoms with Gasteiger partial charge in [0.05, 0.1) is 5.56 Å². The van der Waals surface area contributed by atoms with Gasteiger partial charge in [-0.1, -0.05) is 36.4 Å². The molecule has 0 bridgehead atoms. The second kappa shape index (κ2) is 10.6. The minimum absolute atomic E-state index is 0.0245. The summed E-state index contributed by atoms with van der Waals surface area (Å²) in [6.07, 6.45) is 3.57. The normalized spacial score (nSPS) is 11.1. The highest BCUT2D eigenvalue weighted by atomic mass is 32.2. The van der Waals surface area contributed by atoms with Crippen LogP contribution in [0.5, 0.6) is 0 Å². The van der Waals surface area contributed by atoms with Gasteiger partial charge in [0.1, 0.15) is 6.54 Å². The standard InChI is InChI=1S/C26H28N4O3S/c1-3-29(4-2)24(31)17-30-16-20(18-9-6-8-12-22(18)30)25(32)26(33)27-13-14-34-23-15-28-21-11-7-5-10-19(21)23/h5-12,15-16,28H,3-4,13-14,17H2,1-2H3,(H,27,33). The SMILES string of the molecule is CCN(CC)C(=O)Cn1cc(C(=O)C(=O)NCCSc2c[nH]c3ccccc23)c2ccccc21. The van der Waals surface area contributed by atoms with Crippen molar-refractivity contribution in [2.24, 2.45) is 0 Å². The number of aromatic nitrogens is 2. The highest BCUT2D eigenvalue weighted by Gasteiger charge is 2.22. The predicted octanol–water partition coefficient (Wildman–Crippen LogP) is 4.08. The first kappa shape index (κ1) is 23.6. The number of carbonyl (C=O) groups is 3. The average Bonchev–Trinajstić information content (AvgIpc) is 3.44. The zero-order chi connectivity index (χ0) is 24.1. The summed E-state index contributed by atoms with van der Waals surface area (Å²) in [5.41, 5.74) is 2.14. The summed E-state index contributed by atoms with van der Waals surface area (Å²) in [6, 6.07) is 15.4. The number of fused-ring (bicyclic) bond motifs is 2. The van der Waals surface area contributed by atoms with Crippen LogP contribution in [-0.2, 0) is 16.1 Å². The second-order valence-corrected chi connectivity index (χ2v) is 9.02. The van der Waals surface area contributed by atoms with Crippen molar-refractivity contribution in [3.63, 3.8) is 0 Å². The molecule has 176 valence electrons. The van der Waals surface area contributed by atoms with Crippen LogP contribution in [0, 0.1) is 0 Å². The molecule has 2 aromatic heterocycles. The van der Waals surface area contributed by atoms with Gasteiger partial charge < -0.3 is 19.8 Å². The third-order valence-electron chi connectivity index (χ3n) is 5.86. The topological polar surface area (TPSA) is 87.2 Å². The van der Waals surface area contributed by atoms with E-state index in [1.807, 2.05) is 56.4 Å². The number of ketones is 1. The van der Waals surface area contributed by atoms with Gasteiger partial charge in [-0.15, -0.1) is 11.8 Å². The largest absolute Gasteiger partial charge is 0.360 e. The van der Waals surface area contributed by atoms with Gasteiger partial charge in [0.2, 0.25) is 5.91 Å². The summed E-state index contributed by atoms with van der Waals surface area (Å²) >= 11 is 1.62. The molecule has 0 fully saturated rings. The van der Waals surface area contributed by atoms with Crippen molar-refractivity contribution >= 4 is 51.2 Å². The second-order valence-electron chi connectivity index (χ2n) is 7.89. The van der Waals surface area contributed by atoms with Crippen molar-refractivity contribution in [3.8, 4) is 0 Å².